The molecule has 51 heavy (non-hydrogen) atoms. The standard InChI is InChI=1S/C36H29Cl2F3N4O6/c1-44-31(47)22-10-9-21-23(29(22)33(44)49)15-25-32(48)45(43-30-26(38)14-19(16-42-30)36(39,40)41)34(50)35(25,18-5-7-20(37)8-6-18)24(21)11-3-17-4-12-27(46)28(13-17)51-2/h3-9,11-14,16,22-25,29,46H,10,15H2,1-2H3,(H,42,43). The van der Waals surface area contributed by atoms with Crippen LogP contribution in [0.25, 0.3) is 6.08 Å². The Morgan fingerprint density at radius 3 is 2.41 bits per heavy atom. The number of aromatic hydroxyl groups is 1. The van der Waals surface area contributed by atoms with Gasteiger partial charge in [-0.15, -0.1) is 0 Å². The predicted octanol–water partition coefficient (Wildman–Crippen LogP) is 6.28. The number of aromatic nitrogens is 1. The molecule has 10 nitrogen and oxygen atoms in total. The van der Waals surface area contributed by atoms with Crippen LogP contribution in [0.3, 0.4) is 0 Å². The van der Waals surface area contributed by atoms with Gasteiger partial charge < -0.3 is 9.84 Å². The SMILES string of the molecule is COc1cc(C=CC2C3=CCC4C(=O)N(C)C(=O)C4C3CC3C(=O)N(Nc4ncc(C(F)(F)F)cc4Cl)C(=O)C23c2ccc(Cl)cc2)ccc1O. The van der Waals surface area contributed by atoms with Gasteiger partial charge in [-0.1, -0.05) is 65.2 Å². The van der Waals surface area contributed by atoms with Crippen LogP contribution in [0.5, 0.6) is 11.5 Å². The van der Waals surface area contributed by atoms with E-state index in [0.29, 0.717) is 34.0 Å². The summed E-state index contributed by atoms with van der Waals surface area (Å²) in [5, 5.41) is 10.8. The van der Waals surface area contributed by atoms with Crippen molar-refractivity contribution in [2.24, 2.45) is 29.6 Å². The van der Waals surface area contributed by atoms with E-state index in [2.05, 4.69) is 10.4 Å². The van der Waals surface area contributed by atoms with Crippen molar-refractivity contribution in [3.63, 3.8) is 0 Å². The zero-order chi connectivity index (χ0) is 36.6. The summed E-state index contributed by atoms with van der Waals surface area (Å²) in [7, 11) is 2.83. The van der Waals surface area contributed by atoms with E-state index in [9.17, 15) is 32.7 Å². The Morgan fingerprint density at radius 1 is 1.02 bits per heavy atom. The number of carbonyl (C=O) groups is 4. The van der Waals surface area contributed by atoms with Crippen LogP contribution in [-0.4, -0.2) is 57.8 Å². The number of fused-ring (bicyclic) bond motifs is 4. The van der Waals surface area contributed by atoms with Crippen molar-refractivity contribution in [2.75, 3.05) is 19.6 Å². The Balaban J connectivity index is 1.41. The summed E-state index contributed by atoms with van der Waals surface area (Å²) in [6.45, 7) is 0. The lowest BCUT2D eigenvalue weighted by Gasteiger charge is -2.49. The first-order valence-corrected chi connectivity index (χ1v) is 16.6. The number of nitrogens with zero attached hydrogens (tertiary/aromatic N) is 3. The average Bonchev–Trinajstić information content (AvgIpc) is 3.45. The first kappa shape index (κ1) is 34.6. The Morgan fingerprint density at radius 2 is 1.75 bits per heavy atom. The molecular weight excluding hydrogens is 712 g/mol. The van der Waals surface area contributed by atoms with E-state index in [4.69, 9.17) is 27.9 Å². The van der Waals surface area contributed by atoms with E-state index in [1.807, 2.05) is 6.08 Å². The summed E-state index contributed by atoms with van der Waals surface area (Å²) in [5.41, 5.74) is 1.52. The fraction of sp³-hybridized carbons (Fsp3) is 0.306. The van der Waals surface area contributed by atoms with Crippen LogP contribution in [0.1, 0.15) is 29.5 Å². The van der Waals surface area contributed by atoms with Crippen molar-refractivity contribution in [3.05, 3.63) is 99.2 Å². The summed E-state index contributed by atoms with van der Waals surface area (Å²) < 4.78 is 45.4. The number of phenols is 1. The molecule has 2 aliphatic carbocycles. The Hall–Kier alpha value is -4.88. The minimum absolute atomic E-state index is 0.0107. The lowest BCUT2D eigenvalue weighted by molar-refractivity contribution is -0.140. The number of carbonyl (C=O) groups excluding carboxylic acids is 4. The molecule has 3 heterocycles. The number of phenolic OH excluding ortho intramolecular Hbond substituents is 1. The predicted molar refractivity (Wildman–Crippen MR) is 179 cm³/mol. The summed E-state index contributed by atoms with van der Waals surface area (Å²) >= 11 is 12.5. The highest BCUT2D eigenvalue weighted by Gasteiger charge is 2.69. The third-order valence-electron chi connectivity index (χ3n) is 10.5. The molecule has 3 fully saturated rings. The van der Waals surface area contributed by atoms with Crippen molar-refractivity contribution >= 4 is 58.7 Å². The number of nitrogens with one attached hydrogen (secondary N) is 1. The van der Waals surface area contributed by atoms with Crippen LogP contribution >= 0.6 is 23.2 Å². The molecule has 2 aromatic carbocycles. The second-order valence-electron chi connectivity index (χ2n) is 13.0. The second-order valence-corrected chi connectivity index (χ2v) is 13.8. The molecule has 1 saturated carbocycles. The number of methoxy groups -OCH3 is 1. The molecule has 2 aliphatic heterocycles. The minimum atomic E-state index is -4.74. The lowest BCUT2D eigenvalue weighted by Crippen LogP contribution is -2.54. The number of benzene rings is 2. The Bertz CT molecular complexity index is 2050. The highest BCUT2D eigenvalue weighted by molar-refractivity contribution is 6.33. The van der Waals surface area contributed by atoms with Crippen molar-refractivity contribution in [1.82, 2.24) is 14.9 Å². The number of hydrogen-bond donors (Lipinski definition) is 2. The lowest BCUT2D eigenvalue weighted by atomic mass is 9.50. The molecule has 15 heteroatoms. The fourth-order valence-corrected chi connectivity index (χ4v) is 8.53. The molecule has 2 N–H and O–H groups in total. The number of allylic oxidation sites excluding steroid dienone is 3. The molecule has 0 bridgehead atoms. The van der Waals surface area contributed by atoms with Gasteiger partial charge in [0.25, 0.3) is 11.8 Å². The number of halogens is 5. The van der Waals surface area contributed by atoms with Crippen LogP contribution in [0.2, 0.25) is 10.0 Å². The molecular formula is C36H29Cl2F3N4O6. The molecule has 7 rings (SSSR count). The van der Waals surface area contributed by atoms with Crippen molar-refractivity contribution in [1.29, 1.82) is 0 Å². The van der Waals surface area contributed by atoms with Crippen molar-refractivity contribution in [3.8, 4) is 11.5 Å². The smallest absolute Gasteiger partial charge is 0.417 e. The number of hydrazine groups is 1. The average molecular weight is 742 g/mol. The van der Waals surface area contributed by atoms with Gasteiger partial charge in [0.2, 0.25) is 11.8 Å². The Kier molecular flexibility index (Phi) is 8.41. The number of rotatable bonds is 6. The first-order valence-electron chi connectivity index (χ1n) is 15.9. The molecule has 0 radical (unpaired) electrons. The first-order chi connectivity index (χ1) is 24.2. The fourth-order valence-electron chi connectivity index (χ4n) is 8.19. The molecule has 2 saturated heterocycles. The van der Waals surface area contributed by atoms with Crippen LogP contribution in [-0.2, 0) is 30.8 Å². The highest BCUT2D eigenvalue weighted by atomic mass is 35.5. The number of hydrogen-bond acceptors (Lipinski definition) is 8. The number of likely N-dealkylation sites (tertiary alicyclic amines) is 1. The molecule has 3 aromatic rings. The molecule has 6 unspecified atom stereocenters. The number of imide groups is 2. The van der Waals surface area contributed by atoms with Gasteiger partial charge >= 0.3 is 6.18 Å². The quantitative estimate of drug-likeness (QED) is 0.223. The molecule has 4 aliphatic rings. The van der Waals surface area contributed by atoms with Gasteiger partial charge in [-0.25, -0.2) is 4.98 Å². The van der Waals surface area contributed by atoms with Crippen LogP contribution in [0.15, 0.2) is 72.5 Å². The highest BCUT2D eigenvalue weighted by Crippen LogP contribution is 2.61. The molecule has 0 spiro atoms. The van der Waals surface area contributed by atoms with Gasteiger partial charge in [-0.3, -0.25) is 29.5 Å². The van der Waals surface area contributed by atoms with Gasteiger partial charge in [0.05, 0.1) is 40.9 Å². The normalized spacial score (nSPS) is 27.4. The minimum Gasteiger partial charge on any atom is -0.504 e. The topological polar surface area (TPSA) is 129 Å². The maximum atomic E-state index is 15.1. The van der Waals surface area contributed by atoms with Gasteiger partial charge in [-0.2, -0.15) is 18.2 Å². The Labute approximate surface area is 299 Å². The van der Waals surface area contributed by atoms with Crippen molar-refractivity contribution in [2.45, 2.75) is 24.4 Å². The second kappa shape index (κ2) is 12.4. The van der Waals surface area contributed by atoms with Gasteiger partial charge in [0.15, 0.2) is 17.3 Å². The number of pyridine rings is 1. The number of alkyl halides is 3. The van der Waals surface area contributed by atoms with E-state index in [1.54, 1.807) is 48.6 Å². The van der Waals surface area contributed by atoms with E-state index >= 15 is 4.79 Å². The third kappa shape index (κ3) is 5.36. The number of amides is 4. The van der Waals surface area contributed by atoms with Crippen LogP contribution in [0, 0.1) is 29.6 Å². The molecule has 1 aromatic heterocycles. The van der Waals surface area contributed by atoms with Crippen molar-refractivity contribution < 1.29 is 42.2 Å². The van der Waals surface area contributed by atoms with Gasteiger partial charge in [0.1, 0.15) is 0 Å². The maximum Gasteiger partial charge on any atom is 0.417 e. The van der Waals surface area contributed by atoms with E-state index < -0.39 is 63.6 Å². The zero-order valence-electron chi connectivity index (χ0n) is 26.9. The molecule has 6 atom stereocenters. The summed E-state index contributed by atoms with van der Waals surface area (Å²) in [5.74, 6) is -6.41. The van der Waals surface area contributed by atoms with E-state index in [0.717, 1.165) is 9.91 Å². The van der Waals surface area contributed by atoms with Crippen LogP contribution < -0.4 is 10.2 Å². The number of anilines is 1. The summed E-state index contributed by atoms with van der Waals surface area (Å²) in [4.78, 5) is 61.2. The van der Waals surface area contributed by atoms with Gasteiger partial charge in [0, 0.05) is 24.2 Å². The largest absolute Gasteiger partial charge is 0.504 e. The molecule has 4 amide bonds. The third-order valence-corrected chi connectivity index (χ3v) is 11.1. The zero-order valence-corrected chi connectivity index (χ0v) is 28.5. The number of ether oxygens (including phenoxy) is 1. The monoisotopic (exact) mass is 740 g/mol. The summed E-state index contributed by atoms with van der Waals surface area (Å²) in [6.07, 6.45) is 1.39. The molecule has 264 valence electrons. The van der Waals surface area contributed by atoms with E-state index in [1.165, 1.54) is 20.2 Å². The van der Waals surface area contributed by atoms with Crippen LogP contribution in [0.4, 0.5) is 19.0 Å². The summed E-state index contributed by atoms with van der Waals surface area (Å²) in [6, 6.07) is 11.8. The maximum absolute atomic E-state index is 15.1. The van der Waals surface area contributed by atoms with E-state index in [-0.39, 0.29) is 42.0 Å². The van der Waals surface area contributed by atoms with Gasteiger partial charge in [-0.05, 0) is 60.2 Å².